The molecular formula is C13H14N2O5. The maximum absolute atomic E-state index is 12.2. The summed E-state index contributed by atoms with van der Waals surface area (Å²) in [6.07, 6.45) is -0.848. The average Bonchev–Trinajstić information content (AvgIpc) is 2.43. The maximum atomic E-state index is 12.2. The second-order valence-electron chi connectivity index (χ2n) is 4.46. The monoisotopic (exact) mass is 278 g/mol. The smallest absolute Gasteiger partial charge is 0.410 e. The zero-order valence-corrected chi connectivity index (χ0v) is 11.1. The molecule has 0 aliphatic heterocycles. The van der Waals surface area contributed by atoms with E-state index in [0.29, 0.717) is 9.16 Å². The van der Waals surface area contributed by atoms with Gasteiger partial charge in [0.1, 0.15) is 12.1 Å². The summed E-state index contributed by atoms with van der Waals surface area (Å²) < 4.78 is 5.69. The summed E-state index contributed by atoms with van der Waals surface area (Å²) in [4.78, 5) is 24.1. The molecule has 7 nitrogen and oxygen atoms in total. The number of nitrogens with zero attached hydrogens (tertiary/aromatic N) is 2. The second-order valence-corrected chi connectivity index (χ2v) is 4.46. The molecule has 0 saturated heterocycles. The molecule has 1 aromatic heterocycles. The van der Waals surface area contributed by atoms with E-state index in [1.807, 2.05) is 0 Å². The average molecular weight is 278 g/mol. The molecule has 1 atom stereocenters. The number of carbonyl (C=O) groups excluding carboxylic acids is 1. The molecule has 0 aliphatic rings. The van der Waals surface area contributed by atoms with Crippen LogP contribution in [0.1, 0.15) is 23.1 Å². The van der Waals surface area contributed by atoms with Gasteiger partial charge < -0.3 is 19.8 Å². The second kappa shape index (κ2) is 5.30. The number of aromatic nitrogens is 2. The Morgan fingerprint density at radius 2 is 2.15 bits per heavy atom. The van der Waals surface area contributed by atoms with Crippen molar-refractivity contribution in [1.82, 2.24) is 4.73 Å². The molecule has 0 radical (unpaired) electrons. The first-order valence-corrected chi connectivity index (χ1v) is 6.03. The predicted molar refractivity (Wildman–Crippen MR) is 70.8 cm³/mol. The highest BCUT2D eigenvalue weighted by Gasteiger charge is 2.28. The number of fused-ring (bicyclic) bond motifs is 1. The Kier molecular flexibility index (Phi) is 3.71. The van der Waals surface area contributed by atoms with Crippen molar-refractivity contribution in [1.29, 1.82) is 0 Å². The summed E-state index contributed by atoms with van der Waals surface area (Å²) in [6, 6.07) is 6.16. The van der Waals surface area contributed by atoms with Gasteiger partial charge in [0.15, 0.2) is 0 Å². The molecule has 1 N–H and O–H groups in total. The lowest BCUT2D eigenvalue weighted by atomic mass is 10.2. The van der Waals surface area contributed by atoms with Gasteiger partial charge in [-0.1, -0.05) is 12.1 Å². The molecule has 1 aromatic carbocycles. The molecule has 0 aliphatic carbocycles. The number of rotatable bonds is 3. The zero-order valence-electron chi connectivity index (χ0n) is 11.1. The van der Waals surface area contributed by atoms with E-state index in [4.69, 9.17) is 9.84 Å². The summed E-state index contributed by atoms with van der Waals surface area (Å²) in [5, 5.41) is 21.1. The number of hydrogen-bond donors (Lipinski definition) is 1. The third-order valence-corrected chi connectivity index (χ3v) is 2.82. The van der Waals surface area contributed by atoms with Crippen molar-refractivity contribution in [3.63, 3.8) is 0 Å². The van der Waals surface area contributed by atoms with Gasteiger partial charge in [-0.25, -0.2) is 4.79 Å². The molecule has 0 spiro atoms. The highest BCUT2D eigenvalue weighted by Crippen LogP contribution is 2.14. The molecule has 0 bridgehead atoms. The Labute approximate surface area is 114 Å². The van der Waals surface area contributed by atoms with E-state index in [2.05, 4.69) is 0 Å². The van der Waals surface area contributed by atoms with Gasteiger partial charge >= 0.3 is 11.7 Å². The lowest BCUT2D eigenvalue weighted by Crippen LogP contribution is -2.32. The van der Waals surface area contributed by atoms with Crippen LogP contribution in [-0.2, 0) is 4.74 Å². The molecule has 20 heavy (non-hydrogen) atoms. The van der Waals surface area contributed by atoms with Crippen LogP contribution < -0.4 is 4.43 Å². The fourth-order valence-electron chi connectivity index (χ4n) is 1.85. The SMILES string of the molecule is Cc1c(C(=O)OC[C@H](C)O)[n+](=O)c2ccccc2n1[O-]. The predicted octanol–water partition coefficient (Wildman–Crippen LogP) is 0.748. The summed E-state index contributed by atoms with van der Waals surface area (Å²) in [5.41, 5.74) is -0.169. The topological polar surface area (TPSA) is 97.5 Å². The zero-order chi connectivity index (χ0) is 14.9. The lowest BCUT2D eigenvalue weighted by Gasteiger charge is -2.16. The standard InChI is InChI=1S/C13H14N2O5/c1-8(16)7-20-13(17)12-9(2)14(18)10-5-3-4-6-11(10)15(12)19/h3-6,8,16H,7H2,1-2H3/t8-/m0/s1. The van der Waals surface area contributed by atoms with Gasteiger partial charge in [-0.3, -0.25) is 0 Å². The molecule has 0 saturated carbocycles. The number of esters is 1. The molecule has 0 amide bonds. The van der Waals surface area contributed by atoms with Gasteiger partial charge in [-0.2, -0.15) is 0 Å². The van der Waals surface area contributed by atoms with Crippen molar-refractivity contribution < 1.29 is 19.1 Å². The lowest BCUT2D eigenvalue weighted by molar-refractivity contribution is -0.469. The van der Waals surface area contributed by atoms with Crippen LogP contribution in [0, 0.1) is 17.0 Å². The minimum atomic E-state index is -0.936. The maximum Gasteiger partial charge on any atom is 0.410 e. The fraction of sp³-hybridized carbons (Fsp3) is 0.308. The van der Waals surface area contributed by atoms with E-state index in [0.717, 1.165) is 0 Å². The fourth-order valence-corrected chi connectivity index (χ4v) is 1.85. The molecule has 1 heterocycles. The van der Waals surface area contributed by atoms with Crippen molar-refractivity contribution in [3.8, 4) is 0 Å². The van der Waals surface area contributed by atoms with Gasteiger partial charge in [-0.05, 0) is 19.9 Å². The molecule has 106 valence electrons. The van der Waals surface area contributed by atoms with Gasteiger partial charge in [0.25, 0.3) is 5.52 Å². The first-order chi connectivity index (χ1) is 9.43. The Morgan fingerprint density at radius 1 is 1.50 bits per heavy atom. The van der Waals surface area contributed by atoms with E-state index in [9.17, 15) is 14.9 Å². The number of benzene rings is 1. The summed E-state index contributed by atoms with van der Waals surface area (Å²) in [6.45, 7) is 2.57. The third kappa shape index (κ3) is 2.35. The summed E-state index contributed by atoms with van der Waals surface area (Å²) in [7, 11) is 0. The van der Waals surface area contributed by atoms with Crippen LogP contribution in [-0.4, -0.2) is 28.5 Å². The molecule has 2 aromatic rings. The van der Waals surface area contributed by atoms with Crippen molar-refractivity contribution in [2.75, 3.05) is 6.61 Å². The number of hydrogen-bond acceptors (Lipinski definition) is 5. The van der Waals surface area contributed by atoms with Crippen LogP contribution in [0.4, 0.5) is 0 Å². The summed E-state index contributed by atoms with van der Waals surface area (Å²) in [5.74, 6) is -0.936. The minimum absolute atomic E-state index is 0.0470. The Bertz CT molecular complexity index is 721. The normalized spacial score (nSPS) is 12.3. The van der Waals surface area contributed by atoms with Gasteiger partial charge in [0.2, 0.25) is 0 Å². The van der Waals surface area contributed by atoms with E-state index in [-0.39, 0.29) is 29.0 Å². The first-order valence-electron chi connectivity index (χ1n) is 6.03. The molecule has 0 unspecified atom stereocenters. The molecule has 7 heteroatoms. The van der Waals surface area contributed by atoms with Gasteiger partial charge in [0, 0.05) is 11.0 Å². The molecular weight excluding hydrogens is 264 g/mol. The Hall–Kier alpha value is -2.41. The number of carbonyl (C=O) groups is 1. The van der Waals surface area contributed by atoms with Crippen LogP contribution in [0.3, 0.4) is 0 Å². The van der Waals surface area contributed by atoms with Crippen LogP contribution >= 0.6 is 0 Å². The van der Waals surface area contributed by atoms with E-state index in [1.165, 1.54) is 26.0 Å². The molecule has 2 rings (SSSR count). The van der Waals surface area contributed by atoms with Crippen LogP contribution in [0.25, 0.3) is 11.0 Å². The van der Waals surface area contributed by atoms with E-state index >= 15 is 0 Å². The number of aliphatic hydroxyl groups excluding tert-OH is 1. The number of para-hydroxylation sites is 2. The molecule has 0 fully saturated rings. The largest absolute Gasteiger partial charge is 0.805 e. The van der Waals surface area contributed by atoms with Crippen molar-refractivity contribution in [3.05, 3.63) is 45.8 Å². The van der Waals surface area contributed by atoms with Gasteiger partial charge in [0.05, 0.1) is 16.2 Å². The number of aliphatic hydroxyl groups is 1. The Morgan fingerprint density at radius 3 is 2.80 bits per heavy atom. The van der Waals surface area contributed by atoms with Crippen LogP contribution in [0.5, 0.6) is 0 Å². The minimum Gasteiger partial charge on any atom is -0.805 e. The van der Waals surface area contributed by atoms with Crippen molar-refractivity contribution >= 4 is 17.0 Å². The highest BCUT2D eigenvalue weighted by molar-refractivity contribution is 5.88. The van der Waals surface area contributed by atoms with Crippen molar-refractivity contribution in [2.45, 2.75) is 20.0 Å². The van der Waals surface area contributed by atoms with E-state index < -0.39 is 12.1 Å². The summed E-state index contributed by atoms with van der Waals surface area (Å²) >= 11 is 0. The number of ether oxygens (including phenoxy) is 1. The third-order valence-electron chi connectivity index (χ3n) is 2.82. The van der Waals surface area contributed by atoms with Crippen LogP contribution in [0.2, 0.25) is 0 Å². The quantitative estimate of drug-likeness (QED) is 0.660. The van der Waals surface area contributed by atoms with Crippen molar-refractivity contribution in [2.24, 2.45) is 0 Å². The first kappa shape index (κ1) is 14.0. The highest BCUT2D eigenvalue weighted by atomic mass is 16.5. The van der Waals surface area contributed by atoms with Gasteiger partial charge in [-0.15, -0.1) is 0 Å². The van der Waals surface area contributed by atoms with E-state index in [1.54, 1.807) is 12.1 Å². The Balaban J connectivity index is 2.59. The van der Waals surface area contributed by atoms with Crippen LogP contribution in [0.15, 0.2) is 24.3 Å².